The summed E-state index contributed by atoms with van der Waals surface area (Å²) >= 11 is 0. The Bertz CT molecular complexity index is 705. The van der Waals surface area contributed by atoms with Crippen LogP contribution in [0.15, 0.2) is 35.5 Å². The first-order valence-corrected chi connectivity index (χ1v) is 8.98. The molecule has 0 aliphatic carbocycles. The number of allylic oxidation sites excluding steroid dienone is 1. The van der Waals surface area contributed by atoms with Crippen LogP contribution >= 0.6 is 0 Å². The van der Waals surface area contributed by atoms with Gasteiger partial charge >= 0.3 is 11.9 Å². The van der Waals surface area contributed by atoms with Crippen LogP contribution in [0.5, 0.6) is 0 Å². The molecule has 2 bridgehead atoms. The Morgan fingerprint density at radius 2 is 2.19 bits per heavy atom. The molecule has 6 heteroatoms. The van der Waals surface area contributed by atoms with Crippen LogP contribution in [0, 0.1) is 11.8 Å². The Balaban J connectivity index is 1.99. The Labute approximate surface area is 153 Å². The first-order chi connectivity index (χ1) is 12.1. The van der Waals surface area contributed by atoms with Crippen molar-refractivity contribution in [2.75, 3.05) is 0 Å². The number of hydrogen-bond donors (Lipinski definition) is 1. The molecule has 2 fully saturated rings. The lowest BCUT2D eigenvalue weighted by atomic mass is 9.81. The Morgan fingerprint density at radius 1 is 1.50 bits per heavy atom. The molecule has 0 aromatic rings. The van der Waals surface area contributed by atoms with E-state index in [0.29, 0.717) is 18.4 Å². The number of carbonyl (C=O) groups excluding carboxylic acids is 2. The zero-order chi connectivity index (χ0) is 19.2. The van der Waals surface area contributed by atoms with Gasteiger partial charge in [0.2, 0.25) is 0 Å². The minimum Gasteiger partial charge on any atom is -0.458 e. The van der Waals surface area contributed by atoms with Crippen LogP contribution in [-0.4, -0.2) is 41.1 Å². The lowest BCUT2D eigenvalue weighted by Gasteiger charge is -2.30. The molecule has 3 heterocycles. The number of carbonyl (C=O) groups is 2. The highest BCUT2D eigenvalue weighted by atomic mass is 16.7. The summed E-state index contributed by atoms with van der Waals surface area (Å²) in [7, 11) is 0. The van der Waals surface area contributed by atoms with Crippen molar-refractivity contribution in [2.45, 2.75) is 64.6 Å². The lowest BCUT2D eigenvalue weighted by molar-refractivity contribution is -0.203. The second-order valence-electron chi connectivity index (χ2n) is 7.65. The van der Waals surface area contributed by atoms with E-state index in [4.69, 9.17) is 14.2 Å². The Kier molecular flexibility index (Phi) is 4.84. The van der Waals surface area contributed by atoms with Crippen LogP contribution in [-0.2, 0) is 23.8 Å². The predicted octanol–water partition coefficient (Wildman–Crippen LogP) is 2.43. The highest BCUT2D eigenvalue weighted by Gasteiger charge is 2.54. The Hall–Kier alpha value is -1.92. The second-order valence-corrected chi connectivity index (χ2v) is 7.65. The SMILES string of the molecule is C=C1C(=O)OC2C3OC(O)(C=C3C)CC(C)CC(OC(=O)C(C)=CC)C12. The van der Waals surface area contributed by atoms with Crippen molar-refractivity contribution in [3.05, 3.63) is 35.5 Å². The van der Waals surface area contributed by atoms with Crippen molar-refractivity contribution in [1.82, 2.24) is 0 Å². The van der Waals surface area contributed by atoms with Gasteiger partial charge in [-0.15, -0.1) is 0 Å². The largest absolute Gasteiger partial charge is 0.458 e. The van der Waals surface area contributed by atoms with Gasteiger partial charge in [-0.2, -0.15) is 0 Å². The van der Waals surface area contributed by atoms with Crippen molar-refractivity contribution in [1.29, 1.82) is 0 Å². The van der Waals surface area contributed by atoms with Gasteiger partial charge in [0.15, 0.2) is 5.79 Å². The lowest BCUT2D eigenvalue weighted by Crippen LogP contribution is -2.41. The molecular weight excluding hydrogens is 336 g/mol. The van der Waals surface area contributed by atoms with E-state index < -0.39 is 42.0 Å². The van der Waals surface area contributed by atoms with E-state index in [-0.39, 0.29) is 11.5 Å². The molecule has 0 amide bonds. The normalized spacial score (nSPS) is 40.1. The first kappa shape index (κ1) is 18.9. The molecular formula is C20H26O6. The molecule has 6 unspecified atom stereocenters. The third-order valence-electron chi connectivity index (χ3n) is 5.48. The number of aliphatic hydroxyl groups is 1. The topological polar surface area (TPSA) is 82.1 Å². The molecule has 6 nitrogen and oxygen atoms in total. The van der Waals surface area contributed by atoms with Gasteiger partial charge < -0.3 is 19.3 Å². The summed E-state index contributed by atoms with van der Waals surface area (Å²) in [5.74, 6) is -2.84. The smallest absolute Gasteiger partial charge is 0.334 e. The fraction of sp³-hybridized carbons (Fsp3) is 0.600. The molecule has 3 aliphatic rings. The molecule has 1 N–H and O–H groups in total. The van der Waals surface area contributed by atoms with Gasteiger partial charge in [0.25, 0.3) is 0 Å². The molecule has 3 aliphatic heterocycles. The fourth-order valence-corrected chi connectivity index (χ4v) is 4.11. The highest BCUT2D eigenvalue weighted by Crippen LogP contribution is 2.45. The van der Waals surface area contributed by atoms with E-state index in [1.165, 1.54) is 0 Å². The van der Waals surface area contributed by atoms with Gasteiger partial charge in [0.1, 0.15) is 18.3 Å². The van der Waals surface area contributed by atoms with Gasteiger partial charge in [0.05, 0.1) is 5.92 Å². The third-order valence-corrected chi connectivity index (χ3v) is 5.48. The van der Waals surface area contributed by atoms with Crippen molar-refractivity contribution >= 4 is 11.9 Å². The summed E-state index contributed by atoms with van der Waals surface area (Å²) in [5, 5.41) is 10.8. The third kappa shape index (κ3) is 3.23. The summed E-state index contributed by atoms with van der Waals surface area (Å²) in [4.78, 5) is 24.6. The van der Waals surface area contributed by atoms with Crippen LogP contribution in [0.25, 0.3) is 0 Å². The molecule has 2 saturated heterocycles. The maximum absolute atomic E-state index is 12.4. The maximum Gasteiger partial charge on any atom is 0.334 e. The van der Waals surface area contributed by atoms with Crippen LogP contribution in [0.2, 0.25) is 0 Å². The van der Waals surface area contributed by atoms with Gasteiger partial charge in [-0.3, -0.25) is 0 Å². The van der Waals surface area contributed by atoms with E-state index in [0.717, 1.165) is 5.57 Å². The van der Waals surface area contributed by atoms with Crippen molar-refractivity contribution < 1.29 is 28.9 Å². The molecule has 0 aromatic heterocycles. The van der Waals surface area contributed by atoms with Crippen molar-refractivity contribution in [2.24, 2.45) is 11.8 Å². The zero-order valence-electron chi connectivity index (χ0n) is 15.7. The summed E-state index contributed by atoms with van der Waals surface area (Å²) in [5.41, 5.74) is 1.58. The van der Waals surface area contributed by atoms with Crippen LogP contribution in [0.3, 0.4) is 0 Å². The van der Waals surface area contributed by atoms with Crippen molar-refractivity contribution in [3.63, 3.8) is 0 Å². The van der Waals surface area contributed by atoms with E-state index in [9.17, 15) is 14.7 Å². The Morgan fingerprint density at radius 3 is 2.85 bits per heavy atom. The summed E-state index contributed by atoms with van der Waals surface area (Å²) in [6, 6.07) is 0. The summed E-state index contributed by atoms with van der Waals surface area (Å²) in [6.45, 7) is 11.1. The minimum absolute atomic E-state index is 0.00577. The molecule has 0 aromatic carbocycles. The second kappa shape index (κ2) is 6.67. The standard InChI is InChI=1S/C20H26O6/c1-6-11(3)18(21)24-14-7-10(2)8-20(23)9-12(4)16(26-20)17-15(14)13(5)19(22)25-17/h6,9-10,14-17,23H,5,7-8H2,1-4H3. The van der Waals surface area contributed by atoms with Gasteiger partial charge in [0, 0.05) is 17.6 Å². The summed E-state index contributed by atoms with van der Waals surface area (Å²) in [6.07, 6.45) is 2.40. The van der Waals surface area contributed by atoms with Crippen LogP contribution in [0.4, 0.5) is 0 Å². The van der Waals surface area contributed by atoms with E-state index in [2.05, 4.69) is 6.58 Å². The molecule has 0 saturated carbocycles. The van der Waals surface area contributed by atoms with Crippen LogP contribution < -0.4 is 0 Å². The number of hydrogen-bond acceptors (Lipinski definition) is 6. The van der Waals surface area contributed by atoms with Crippen molar-refractivity contribution in [3.8, 4) is 0 Å². The van der Waals surface area contributed by atoms with E-state index in [1.54, 1.807) is 26.0 Å². The minimum atomic E-state index is -1.40. The van der Waals surface area contributed by atoms with E-state index >= 15 is 0 Å². The molecule has 3 rings (SSSR count). The number of rotatable bonds is 2. The molecule has 26 heavy (non-hydrogen) atoms. The molecule has 0 spiro atoms. The van der Waals surface area contributed by atoms with Gasteiger partial charge in [-0.05, 0) is 44.8 Å². The van der Waals surface area contributed by atoms with E-state index in [1.807, 2.05) is 13.8 Å². The van der Waals surface area contributed by atoms with Crippen LogP contribution in [0.1, 0.15) is 40.5 Å². The summed E-state index contributed by atoms with van der Waals surface area (Å²) < 4.78 is 17.2. The number of fused-ring (bicyclic) bond motifs is 4. The van der Waals surface area contributed by atoms with Gasteiger partial charge in [-0.1, -0.05) is 19.6 Å². The zero-order valence-corrected chi connectivity index (χ0v) is 15.7. The maximum atomic E-state index is 12.4. The number of esters is 2. The van der Waals surface area contributed by atoms with Gasteiger partial charge in [-0.25, -0.2) is 9.59 Å². The highest BCUT2D eigenvalue weighted by molar-refractivity contribution is 5.91. The fourth-order valence-electron chi connectivity index (χ4n) is 4.11. The first-order valence-electron chi connectivity index (χ1n) is 8.98. The average Bonchev–Trinajstić information content (AvgIpc) is 3.02. The average molecular weight is 362 g/mol. The predicted molar refractivity (Wildman–Crippen MR) is 93.8 cm³/mol. The number of ether oxygens (including phenoxy) is 3. The molecule has 0 radical (unpaired) electrons. The quantitative estimate of drug-likeness (QED) is 0.462. The monoisotopic (exact) mass is 362 g/mol. The molecule has 6 atom stereocenters. The molecule has 142 valence electrons.